The molecule has 1 aromatic carbocycles. The molecule has 0 saturated carbocycles. The SMILES string of the molecule is FC(F)c1ccc(C2(C(F)(F)F)C=CN=N2)cc1C(S)C(F)(F)F. The van der Waals surface area contributed by atoms with Crippen LogP contribution in [0.4, 0.5) is 35.1 Å². The van der Waals surface area contributed by atoms with Crippen molar-refractivity contribution in [2.75, 3.05) is 0 Å². The zero-order valence-electron chi connectivity index (χ0n) is 11.4. The van der Waals surface area contributed by atoms with Gasteiger partial charge in [-0.15, -0.1) is 0 Å². The summed E-state index contributed by atoms with van der Waals surface area (Å²) < 4.78 is 104. The van der Waals surface area contributed by atoms with Gasteiger partial charge in [-0.05, 0) is 17.2 Å². The van der Waals surface area contributed by atoms with E-state index in [2.05, 4.69) is 22.9 Å². The van der Waals surface area contributed by atoms with Gasteiger partial charge in [-0.2, -0.15) is 49.2 Å². The second kappa shape index (κ2) is 6.01. The molecule has 2 nitrogen and oxygen atoms in total. The van der Waals surface area contributed by atoms with Crippen molar-refractivity contribution in [3.8, 4) is 0 Å². The monoisotopic (exact) mass is 376 g/mol. The molecule has 0 spiro atoms. The van der Waals surface area contributed by atoms with E-state index in [1.54, 1.807) is 0 Å². The molecule has 0 radical (unpaired) electrons. The molecule has 0 N–H and O–H groups in total. The number of hydrogen-bond acceptors (Lipinski definition) is 3. The molecule has 0 aromatic heterocycles. The van der Waals surface area contributed by atoms with Crippen LogP contribution in [0, 0.1) is 0 Å². The Morgan fingerprint density at radius 2 is 1.62 bits per heavy atom. The van der Waals surface area contributed by atoms with Crippen LogP contribution in [-0.4, -0.2) is 12.4 Å². The summed E-state index contributed by atoms with van der Waals surface area (Å²) >= 11 is 3.24. The average Bonchev–Trinajstić information content (AvgIpc) is 2.95. The molecule has 2 unspecified atom stereocenters. The summed E-state index contributed by atoms with van der Waals surface area (Å²) in [5, 5.41) is 3.46. The van der Waals surface area contributed by atoms with Gasteiger partial charge in [0.25, 0.3) is 6.43 Å². The zero-order chi connectivity index (χ0) is 18.3. The Hall–Kier alpha value is -1.65. The number of thiol groups is 1. The topological polar surface area (TPSA) is 24.7 Å². The maximum absolute atomic E-state index is 13.3. The highest BCUT2D eigenvalue weighted by Crippen LogP contribution is 2.48. The highest BCUT2D eigenvalue weighted by atomic mass is 32.1. The summed E-state index contributed by atoms with van der Waals surface area (Å²) in [6.07, 6.45) is -12.1. The van der Waals surface area contributed by atoms with E-state index in [0.29, 0.717) is 24.3 Å². The lowest BCUT2D eigenvalue weighted by Gasteiger charge is -2.28. The Kier molecular flexibility index (Phi) is 4.68. The third kappa shape index (κ3) is 3.13. The Morgan fingerprint density at radius 3 is 2.04 bits per heavy atom. The lowest BCUT2D eigenvalue weighted by atomic mass is 9.87. The van der Waals surface area contributed by atoms with Crippen molar-refractivity contribution >= 4 is 12.6 Å². The molecule has 1 aromatic rings. The van der Waals surface area contributed by atoms with E-state index in [9.17, 15) is 35.1 Å². The van der Waals surface area contributed by atoms with Gasteiger partial charge in [0.2, 0.25) is 5.54 Å². The minimum atomic E-state index is -5.02. The van der Waals surface area contributed by atoms with E-state index in [0.717, 1.165) is 6.20 Å². The van der Waals surface area contributed by atoms with Crippen LogP contribution < -0.4 is 0 Å². The van der Waals surface area contributed by atoms with Gasteiger partial charge in [-0.1, -0.05) is 18.2 Å². The van der Waals surface area contributed by atoms with E-state index < -0.39 is 46.3 Å². The summed E-state index contributed by atoms with van der Waals surface area (Å²) in [7, 11) is 0. The van der Waals surface area contributed by atoms with Crippen molar-refractivity contribution in [3.63, 3.8) is 0 Å². The standard InChI is InChI=1S/C13H8F8N2S/c14-10(15)7-2-1-6(5-8(7)9(24)12(16,17)18)11(13(19,20)21)3-4-22-23-11/h1-5,9-10,24H. The minimum Gasteiger partial charge on any atom is -0.205 e. The van der Waals surface area contributed by atoms with E-state index in [-0.39, 0.29) is 0 Å². The molecule has 0 saturated heterocycles. The second-order valence-corrected chi connectivity index (χ2v) is 5.40. The Morgan fingerprint density at radius 1 is 1.00 bits per heavy atom. The normalized spacial score (nSPS) is 22.4. The summed E-state index contributed by atoms with van der Waals surface area (Å²) in [6, 6.07) is 1.57. The zero-order valence-corrected chi connectivity index (χ0v) is 12.3. The number of halogens is 8. The van der Waals surface area contributed by atoms with E-state index in [4.69, 9.17) is 0 Å². The Balaban J connectivity index is 2.67. The number of alkyl halides is 8. The third-order valence-corrected chi connectivity index (χ3v) is 3.97. The van der Waals surface area contributed by atoms with Crippen LogP contribution in [0.3, 0.4) is 0 Å². The first-order valence-electron chi connectivity index (χ1n) is 6.24. The predicted octanol–water partition coefficient (Wildman–Crippen LogP) is 5.89. The maximum atomic E-state index is 13.3. The number of rotatable bonds is 3. The molecule has 2 rings (SSSR count). The van der Waals surface area contributed by atoms with Crippen LogP contribution in [-0.2, 0) is 5.54 Å². The van der Waals surface area contributed by atoms with Crippen LogP contribution in [0.1, 0.15) is 28.4 Å². The molecule has 132 valence electrons. The van der Waals surface area contributed by atoms with Gasteiger partial charge in [-0.25, -0.2) is 8.78 Å². The highest BCUT2D eigenvalue weighted by molar-refractivity contribution is 7.80. The lowest BCUT2D eigenvalue weighted by Crippen LogP contribution is -2.38. The first kappa shape index (κ1) is 18.7. The van der Waals surface area contributed by atoms with Crippen molar-refractivity contribution in [1.29, 1.82) is 0 Å². The fourth-order valence-corrected chi connectivity index (χ4v) is 2.42. The van der Waals surface area contributed by atoms with Crippen molar-refractivity contribution in [2.45, 2.75) is 29.6 Å². The van der Waals surface area contributed by atoms with E-state index in [1.807, 2.05) is 0 Å². The number of azo groups is 1. The van der Waals surface area contributed by atoms with Crippen molar-refractivity contribution in [1.82, 2.24) is 0 Å². The van der Waals surface area contributed by atoms with Crippen LogP contribution in [0.5, 0.6) is 0 Å². The summed E-state index contributed by atoms with van der Waals surface area (Å²) in [4.78, 5) is 0. The van der Waals surface area contributed by atoms with Gasteiger partial charge in [0.05, 0.1) is 0 Å². The van der Waals surface area contributed by atoms with Gasteiger partial charge in [0, 0.05) is 11.8 Å². The van der Waals surface area contributed by atoms with Crippen LogP contribution in [0.25, 0.3) is 0 Å². The summed E-state index contributed by atoms with van der Waals surface area (Å²) in [5.41, 5.74) is -5.87. The van der Waals surface area contributed by atoms with Gasteiger partial charge in [-0.3, -0.25) is 0 Å². The van der Waals surface area contributed by atoms with Crippen LogP contribution >= 0.6 is 12.6 Å². The average molecular weight is 376 g/mol. The fourth-order valence-electron chi connectivity index (χ4n) is 2.19. The van der Waals surface area contributed by atoms with E-state index in [1.165, 1.54) is 0 Å². The Labute approximate surface area is 135 Å². The molecule has 2 atom stereocenters. The van der Waals surface area contributed by atoms with Gasteiger partial charge >= 0.3 is 12.4 Å². The molecule has 1 heterocycles. The fraction of sp³-hybridized carbons (Fsp3) is 0.385. The first-order valence-corrected chi connectivity index (χ1v) is 6.75. The third-order valence-electron chi connectivity index (χ3n) is 3.40. The van der Waals surface area contributed by atoms with Crippen molar-refractivity contribution in [3.05, 3.63) is 47.2 Å². The summed E-state index contributed by atoms with van der Waals surface area (Å²) in [6.45, 7) is 0. The molecule has 0 fully saturated rings. The molecule has 1 aliphatic rings. The minimum absolute atomic E-state index is 0.398. The molecule has 0 aliphatic carbocycles. The number of nitrogens with zero attached hydrogens (tertiary/aromatic N) is 2. The molecular formula is C13H8F8N2S. The maximum Gasteiger partial charge on any atom is 0.423 e. The highest BCUT2D eigenvalue weighted by Gasteiger charge is 2.57. The quantitative estimate of drug-likeness (QED) is 0.502. The molecule has 0 amide bonds. The first-order chi connectivity index (χ1) is 10.9. The smallest absolute Gasteiger partial charge is 0.205 e. The van der Waals surface area contributed by atoms with Gasteiger partial charge in [0.1, 0.15) is 5.25 Å². The molecule has 0 bridgehead atoms. The number of benzene rings is 1. The molecule has 24 heavy (non-hydrogen) atoms. The molecule has 1 aliphatic heterocycles. The molecular weight excluding hydrogens is 368 g/mol. The molecule has 11 heteroatoms. The van der Waals surface area contributed by atoms with Crippen molar-refractivity contribution in [2.24, 2.45) is 10.2 Å². The van der Waals surface area contributed by atoms with Gasteiger partial charge in [0.15, 0.2) is 0 Å². The number of hydrogen-bond donors (Lipinski definition) is 1. The predicted molar refractivity (Wildman–Crippen MR) is 70.9 cm³/mol. The lowest BCUT2D eigenvalue weighted by molar-refractivity contribution is -0.174. The van der Waals surface area contributed by atoms with Crippen LogP contribution in [0.2, 0.25) is 0 Å². The summed E-state index contributed by atoms with van der Waals surface area (Å²) in [5.74, 6) is 0. The van der Waals surface area contributed by atoms with Crippen molar-refractivity contribution < 1.29 is 35.1 Å². The largest absolute Gasteiger partial charge is 0.423 e. The Bertz CT molecular complexity index is 666. The van der Waals surface area contributed by atoms with Gasteiger partial charge < -0.3 is 0 Å². The van der Waals surface area contributed by atoms with E-state index >= 15 is 0 Å². The second-order valence-electron chi connectivity index (χ2n) is 4.88. The van der Waals surface area contributed by atoms with Crippen LogP contribution in [0.15, 0.2) is 40.7 Å².